The summed E-state index contributed by atoms with van der Waals surface area (Å²) in [5.74, 6) is -0.844. The number of carbonyl (C=O) groups excluding carboxylic acids is 1. The Labute approximate surface area is 162 Å². The van der Waals surface area contributed by atoms with Crippen molar-refractivity contribution in [1.82, 2.24) is 5.32 Å². The lowest BCUT2D eigenvalue weighted by atomic mass is 10.2. The smallest absolute Gasteiger partial charge is 0.341 e. The fraction of sp³-hybridized carbons (Fsp3) is 0.0556. The van der Waals surface area contributed by atoms with E-state index in [1.807, 2.05) is 30.3 Å². The predicted octanol–water partition coefficient (Wildman–Crippen LogP) is 3.80. The Balaban J connectivity index is 1.75. The summed E-state index contributed by atoms with van der Waals surface area (Å²) in [6.07, 6.45) is 1.74. The van der Waals surface area contributed by atoms with Crippen molar-refractivity contribution >= 4 is 56.5 Å². The number of carboxylic acids is 1. The van der Waals surface area contributed by atoms with Crippen LogP contribution in [0.3, 0.4) is 0 Å². The van der Waals surface area contributed by atoms with Gasteiger partial charge in [0.25, 0.3) is 5.91 Å². The third-order valence-corrected chi connectivity index (χ3v) is 4.77. The lowest BCUT2D eigenvalue weighted by Crippen LogP contribution is -2.19. The van der Waals surface area contributed by atoms with Gasteiger partial charge >= 0.3 is 5.97 Å². The molecule has 0 bridgehead atoms. The molecule has 2 aromatic carbocycles. The first kappa shape index (κ1) is 18.2. The first-order valence-electron chi connectivity index (χ1n) is 7.50. The van der Waals surface area contributed by atoms with Crippen LogP contribution >= 0.6 is 27.7 Å². The molecule has 1 heterocycles. The van der Waals surface area contributed by atoms with Crippen molar-refractivity contribution in [3.05, 3.63) is 63.5 Å². The van der Waals surface area contributed by atoms with Crippen molar-refractivity contribution in [3.63, 3.8) is 0 Å². The molecule has 1 amide bonds. The summed E-state index contributed by atoms with van der Waals surface area (Å²) in [6, 6.07) is 14.5. The summed E-state index contributed by atoms with van der Waals surface area (Å²) in [5.41, 5.74) is 1.54. The van der Waals surface area contributed by atoms with Gasteiger partial charge in [-0.3, -0.25) is 4.79 Å². The van der Waals surface area contributed by atoms with E-state index in [2.05, 4.69) is 26.2 Å². The summed E-state index contributed by atoms with van der Waals surface area (Å²) >= 11 is 4.60. The van der Waals surface area contributed by atoms with Crippen molar-refractivity contribution in [3.8, 4) is 5.75 Å². The molecule has 0 radical (unpaired) electrons. The molecule has 0 unspecified atom stereocenters. The highest BCUT2D eigenvalue weighted by atomic mass is 79.9. The molecule has 0 aliphatic carbocycles. The van der Waals surface area contributed by atoms with Crippen molar-refractivity contribution in [2.24, 2.45) is 4.99 Å². The number of carboxylic acid groups (broad SMARTS) is 1. The third-order valence-electron chi connectivity index (χ3n) is 3.24. The van der Waals surface area contributed by atoms with E-state index in [1.54, 1.807) is 24.3 Å². The molecular weight excluding hydrogens is 420 g/mol. The monoisotopic (exact) mass is 432 g/mol. The molecule has 0 aromatic heterocycles. The van der Waals surface area contributed by atoms with Gasteiger partial charge < -0.3 is 15.2 Å². The molecule has 132 valence electrons. The van der Waals surface area contributed by atoms with Gasteiger partial charge in [0.2, 0.25) is 0 Å². The molecule has 0 atom stereocenters. The van der Waals surface area contributed by atoms with Gasteiger partial charge in [0.15, 0.2) is 11.8 Å². The number of thioether (sulfide) groups is 1. The molecule has 1 saturated heterocycles. The van der Waals surface area contributed by atoms with Crippen molar-refractivity contribution in [1.29, 1.82) is 0 Å². The summed E-state index contributed by atoms with van der Waals surface area (Å²) < 4.78 is 5.76. The van der Waals surface area contributed by atoms with Gasteiger partial charge in [-0.05, 0) is 63.6 Å². The van der Waals surface area contributed by atoms with Crippen LogP contribution in [0.25, 0.3) is 6.08 Å². The first-order chi connectivity index (χ1) is 12.5. The van der Waals surface area contributed by atoms with Crippen molar-refractivity contribution < 1.29 is 19.4 Å². The lowest BCUT2D eigenvalue weighted by Gasteiger charge is -2.06. The molecule has 2 N–H and O–H groups in total. The Bertz CT molecular complexity index is 913. The molecule has 1 fully saturated rings. The number of hydrogen-bond donors (Lipinski definition) is 2. The fourth-order valence-electron chi connectivity index (χ4n) is 2.12. The zero-order valence-corrected chi connectivity index (χ0v) is 15.7. The zero-order chi connectivity index (χ0) is 18.5. The molecule has 0 saturated carbocycles. The number of halogens is 1. The van der Waals surface area contributed by atoms with Gasteiger partial charge in [-0.15, -0.1) is 0 Å². The minimum Gasteiger partial charge on any atom is -0.481 e. The van der Waals surface area contributed by atoms with Crippen LogP contribution in [0.1, 0.15) is 5.56 Å². The van der Waals surface area contributed by atoms with E-state index < -0.39 is 12.6 Å². The molecule has 3 rings (SSSR count). The number of amides is 1. The van der Waals surface area contributed by atoms with E-state index in [9.17, 15) is 9.59 Å². The Morgan fingerprint density at radius 1 is 1.27 bits per heavy atom. The van der Waals surface area contributed by atoms with Gasteiger partial charge in [0.05, 0.1) is 15.1 Å². The third kappa shape index (κ3) is 4.74. The van der Waals surface area contributed by atoms with Crippen molar-refractivity contribution in [2.45, 2.75) is 0 Å². The topological polar surface area (TPSA) is 88.0 Å². The summed E-state index contributed by atoms with van der Waals surface area (Å²) in [7, 11) is 0. The number of carbonyl (C=O) groups is 2. The Morgan fingerprint density at radius 3 is 2.73 bits per heavy atom. The number of aliphatic imine (C=N–C) groups is 1. The van der Waals surface area contributed by atoms with Gasteiger partial charge in [0.1, 0.15) is 5.75 Å². The Kier molecular flexibility index (Phi) is 5.75. The molecule has 0 spiro atoms. The largest absolute Gasteiger partial charge is 0.481 e. The Morgan fingerprint density at radius 2 is 2.04 bits per heavy atom. The molecule has 26 heavy (non-hydrogen) atoms. The SMILES string of the molecule is O=C(O)COc1ccc(/C=C2\SC(=Nc3ccccc3)NC2=O)cc1Br. The quantitative estimate of drug-likeness (QED) is 0.701. The maximum atomic E-state index is 12.1. The predicted molar refractivity (Wildman–Crippen MR) is 105 cm³/mol. The number of nitrogens with one attached hydrogen (secondary N) is 1. The fourth-order valence-corrected chi connectivity index (χ4v) is 3.47. The summed E-state index contributed by atoms with van der Waals surface area (Å²) in [6.45, 7) is -0.420. The molecule has 1 aliphatic rings. The normalized spacial score (nSPS) is 16.7. The number of aliphatic carboxylic acids is 1. The van der Waals surface area contributed by atoms with E-state index in [0.29, 0.717) is 20.3 Å². The van der Waals surface area contributed by atoms with Crippen molar-refractivity contribution in [2.75, 3.05) is 6.61 Å². The Hall–Kier alpha value is -2.58. The zero-order valence-electron chi connectivity index (χ0n) is 13.3. The highest BCUT2D eigenvalue weighted by Gasteiger charge is 2.23. The van der Waals surface area contributed by atoms with Gasteiger partial charge in [0, 0.05) is 0 Å². The molecular formula is C18H13BrN2O4S. The minimum absolute atomic E-state index is 0.216. The standard InChI is InChI=1S/C18H13BrN2O4S/c19-13-8-11(6-7-14(13)25-10-16(22)23)9-15-17(24)21-18(26-15)20-12-4-2-1-3-5-12/h1-9H,10H2,(H,22,23)(H,20,21,24)/b15-9-. The van der Waals surface area contributed by atoms with E-state index in [1.165, 1.54) is 11.8 Å². The average Bonchev–Trinajstić information content (AvgIpc) is 2.94. The second-order valence-electron chi connectivity index (χ2n) is 5.19. The molecule has 6 nitrogen and oxygen atoms in total. The number of ether oxygens (including phenoxy) is 1. The number of amidine groups is 1. The maximum absolute atomic E-state index is 12.1. The molecule has 2 aromatic rings. The van der Waals surface area contributed by atoms with Gasteiger partial charge in [-0.1, -0.05) is 24.3 Å². The minimum atomic E-state index is -1.05. The lowest BCUT2D eigenvalue weighted by molar-refractivity contribution is -0.139. The van der Waals surface area contributed by atoms with E-state index >= 15 is 0 Å². The van der Waals surface area contributed by atoms with Gasteiger partial charge in [-0.25, -0.2) is 9.79 Å². The summed E-state index contributed by atoms with van der Waals surface area (Å²) in [5, 5.41) is 11.9. The van der Waals surface area contributed by atoms with Crippen LogP contribution in [0, 0.1) is 0 Å². The number of benzene rings is 2. The first-order valence-corrected chi connectivity index (χ1v) is 9.11. The molecule has 1 aliphatic heterocycles. The number of nitrogens with zero attached hydrogens (tertiary/aromatic N) is 1. The second kappa shape index (κ2) is 8.20. The van der Waals surface area contributed by atoms with Crippen LogP contribution in [0.5, 0.6) is 5.75 Å². The highest BCUT2D eigenvalue weighted by Crippen LogP contribution is 2.31. The number of para-hydroxylation sites is 1. The second-order valence-corrected chi connectivity index (χ2v) is 7.07. The van der Waals surface area contributed by atoms with E-state index in [4.69, 9.17) is 9.84 Å². The van der Waals surface area contributed by atoms with Crippen LogP contribution in [-0.2, 0) is 9.59 Å². The average molecular weight is 433 g/mol. The summed E-state index contributed by atoms with van der Waals surface area (Å²) in [4.78, 5) is 27.6. The highest BCUT2D eigenvalue weighted by molar-refractivity contribution is 9.10. The van der Waals surface area contributed by atoms with Gasteiger partial charge in [-0.2, -0.15) is 0 Å². The van der Waals surface area contributed by atoms with Crippen LogP contribution in [-0.4, -0.2) is 28.8 Å². The van der Waals surface area contributed by atoms with Crippen LogP contribution < -0.4 is 10.1 Å². The number of hydrogen-bond acceptors (Lipinski definition) is 5. The van der Waals surface area contributed by atoms with Crippen LogP contribution in [0.2, 0.25) is 0 Å². The molecule has 8 heteroatoms. The number of rotatable bonds is 5. The maximum Gasteiger partial charge on any atom is 0.341 e. The van der Waals surface area contributed by atoms with E-state index in [-0.39, 0.29) is 5.91 Å². The van der Waals surface area contributed by atoms with Crippen LogP contribution in [0.15, 0.2) is 62.9 Å². The van der Waals surface area contributed by atoms with Crippen LogP contribution in [0.4, 0.5) is 5.69 Å². The van der Waals surface area contributed by atoms with E-state index in [0.717, 1.165) is 11.3 Å².